The van der Waals surface area contributed by atoms with Crippen molar-refractivity contribution in [1.29, 1.82) is 0 Å². The summed E-state index contributed by atoms with van der Waals surface area (Å²) in [6.45, 7) is 2.09. The zero-order chi connectivity index (χ0) is 14.4. The van der Waals surface area contributed by atoms with Gasteiger partial charge in [-0.25, -0.2) is 0 Å². The van der Waals surface area contributed by atoms with Gasteiger partial charge in [0.2, 0.25) is 0 Å². The van der Waals surface area contributed by atoms with E-state index in [-0.39, 0.29) is 17.7 Å². The zero-order valence-corrected chi connectivity index (χ0v) is 11.5. The first-order chi connectivity index (χ1) is 9.72. The average molecular weight is 269 g/mol. The summed E-state index contributed by atoms with van der Waals surface area (Å²) in [5, 5.41) is 12.7. The number of hydrogen-bond acceptors (Lipinski definition) is 2. The number of aromatic hydroxyl groups is 1. The molecule has 1 atom stereocenters. The fourth-order valence-electron chi connectivity index (χ4n) is 2.20. The van der Waals surface area contributed by atoms with E-state index in [0.717, 1.165) is 18.4 Å². The first-order valence-corrected chi connectivity index (χ1v) is 6.86. The average Bonchev–Trinajstić information content (AvgIpc) is 2.48. The molecule has 2 aromatic rings. The Hall–Kier alpha value is -2.29. The smallest absolute Gasteiger partial charge is 0.255 e. The van der Waals surface area contributed by atoms with Crippen molar-refractivity contribution in [3.05, 3.63) is 65.7 Å². The first kappa shape index (κ1) is 14.1. The van der Waals surface area contributed by atoms with E-state index in [0.29, 0.717) is 5.56 Å². The predicted molar refractivity (Wildman–Crippen MR) is 79.7 cm³/mol. The molecule has 0 heterocycles. The second kappa shape index (κ2) is 6.75. The molecule has 1 amide bonds. The van der Waals surface area contributed by atoms with E-state index >= 15 is 0 Å². The minimum absolute atomic E-state index is 0.00769. The van der Waals surface area contributed by atoms with Gasteiger partial charge in [-0.05, 0) is 24.1 Å². The quantitative estimate of drug-likeness (QED) is 0.870. The fraction of sp³-hybridized carbons (Fsp3) is 0.235. The van der Waals surface area contributed by atoms with E-state index in [9.17, 15) is 9.90 Å². The summed E-state index contributed by atoms with van der Waals surface area (Å²) in [6, 6.07) is 16.4. The van der Waals surface area contributed by atoms with Gasteiger partial charge in [0.15, 0.2) is 0 Å². The van der Waals surface area contributed by atoms with Crippen LogP contribution in [0, 0.1) is 0 Å². The Kier molecular flexibility index (Phi) is 4.77. The van der Waals surface area contributed by atoms with Gasteiger partial charge < -0.3 is 10.4 Å². The molecule has 0 saturated heterocycles. The van der Waals surface area contributed by atoms with Crippen molar-refractivity contribution < 1.29 is 9.90 Å². The van der Waals surface area contributed by atoms with Gasteiger partial charge in [-0.2, -0.15) is 0 Å². The van der Waals surface area contributed by atoms with Crippen LogP contribution in [0.25, 0.3) is 0 Å². The molecule has 0 aliphatic carbocycles. The molecule has 104 valence electrons. The third-order valence-corrected chi connectivity index (χ3v) is 3.23. The number of amides is 1. The standard InChI is InChI=1S/C17H19NO2/c1-2-8-15(13-9-4-3-5-10-13)18-17(20)14-11-6-7-12-16(14)19/h3-7,9-12,15,19H,2,8H2,1H3,(H,18,20). The van der Waals surface area contributed by atoms with E-state index in [1.165, 1.54) is 6.07 Å². The van der Waals surface area contributed by atoms with Crippen LogP contribution in [0.2, 0.25) is 0 Å². The van der Waals surface area contributed by atoms with Gasteiger partial charge in [-0.15, -0.1) is 0 Å². The molecule has 3 nitrogen and oxygen atoms in total. The molecule has 2 rings (SSSR count). The molecule has 0 radical (unpaired) electrons. The van der Waals surface area contributed by atoms with Gasteiger partial charge in [0, 0.05) is 0 Å². The largest absolute Gasteiger partial charge is 0.507 e. The predicted octanol–water partition coefficient (Wildman–Crippen LogP) is 3.66. The third kappa shape index (κ3) is 3.38. The Labute approximate surface area is 119 Å². The van der Waals surface area contributed by atoms with Crippen LogP contribution < -0.4 is 5.32 Å². The van der Waals surface area contributed by atoms with Crippen LogP contribution in [0.15, 0.2) is 54.6 Å². The van der Waals surface area contributed by atoms with Gasteiger partial charge in [0.05, 0.1) is 11.6 Å². The van der Waals surface area contributed by atoms with E-state index < -0.39 is 0 Å². The lowest BCUT2D eigenvalue weighted by Gasteiger charge is -2.19. The molecule has 1 unspecified atom stereocenters. The number of hydrogen-bond donors (Lipinski definition) is 2. The number of carbonyl (C=O) groups is 1. The van der Waals surface area contributed by atoms with Crippen LogP contribution in [-0.2, 0) is 0 Å². The molecule has 0 saturated carbocycles. The number of rotatable bonds is 5. The van der Waals surface area contributed by atoms with Crippen LogP contribution in [0.5, 0.6) is 5.75 Å². The number of phenols is 1. The van der Waals surface area contributed by atoms with E-state index in [1.54, 1.807) is 18.2 Å². The Morgan fingerprint density at radius 1 is 1.10 bits per heavy atom. The maximum atomic E-state index is 12.3. The second-order valence-electron chi connectivity index (χ2n) is 4.74. The maximum absolute atomic E-state index is 12.3. The summed E-state index contributed by atoms with van der Waals surface area (Å²) in [6.07, 6.45) is 1.84. The molecular formula is C17H19NO2. The van der Waals surface area contributed by atoms with E-state index in [2.05, 4.69) is 12.2 Å². The Balaban J connectivity index is 2.17. The summed E-state index contributed by atoms with van der Waals surface area (Å²) in [5.74, 6) is -0.237. The van der Waals surface area contributed by atoms with Crippen molar-refractivity contribution in [3.63, 3.8) is 0 Å². The third-order valence-electron chi connectivity index (χ3n) is 3.23. The van der Waals surface area contributed by atoms with Gasteiger partial charge >= 0.3 is 0 Å². The van der Waals surface area contributed by atoms with Crippen LogP contribution in [0.4, 0.5) is 0 Å². The highest BCUT2D eigenvalue weighted by Gasteiger charge is 2.16. The zero-order valence-electron chi connectivity index (χ0n) is 11.5. The maximum Gasteiger partial charge on any atom is 0.255 e. The van der Waals surface area contributed by atoms with Crippen molar-refractivity contribution in [2.75, 3.05) is 0 Å². The summed E-state index contributed by atoms with van der Waals surface area (Å²) in [7, 11) is 0. The Bertz CT molecular complexity index is 566. The van der Waals surface area contributed by atoms with E-state index in [1.807, 2.05) is 30.3 Å². The molecular weight excluding hydrogens is 250 g/mol. The van der Waals surface area contributed by atoms with Crippen LogP contribution in [-0.4, -0.2) is 11.0 Å². The second-order valence-corrected chi connectivity index (χ2v) is 4.74. The molecule has 0 bridgehead atoms. The van der Waals surface area contributed by atoms with Crippen molar-refractivity contribution in [3.8, 4) is 5.75 Å². The van der Waals surface area contributed by atoms with Crippen LogP contribution in [0.1, 0.15) is 41.7 Å². The molecule has 0 aliphatic heterocycles. The number of phenolic OH excluding ortho intramolecular Hbond substituents is 1. The Morgan fingerprint density at radius 2 is 1.75 bits per heavy atom. The van der Waals surface area contributed by atoms with Crippen molar-refractivity contribution in [2.45, 2.75) is 25.8 Å². The minimum atomic E-state index is -0.245. The Morgan fingerprint density at radius 3 is 2.40 bits per heavy atom. The highest BCUT2D eigenvalue weighted by atomic mass is 16.3. The topological polar surface area (TPSA) is 49.3 Å². The molecule has 0 aliphatic rings. The van der Waals surface area contributed by atoms with Crippen molar-refractivity contribution in [1.82, 2.24) is 5.32 Å². The molecule has 0 fully saturated rings. The molecule has 2 N–H and O–H groups in total. The first-order valence-electron chi connectivity index (χ1n) is 6.86. The highest BCUT2D eigenvalue weighted by Crippen LogP contribution is 2.21. The summed E-state index contributed by atoms with van der Waals surface area (Å²) in [5.41, 5.74) is 1.39. The van der Waals surface area contributed by atoms with Crippen molar-refractivity contribution in [2.24, 2.45) is 0 Å². The van der Waals surface area contributed by atoms with E-state index in [4.69, 9.17) is 0 Å². The molecule has 20 heavy (non-hydrogen) atoms. The summed E-state index contributed by atoms with van der Waals surface area (Å²) < 4.78 is 0. The van der Waals surface area contributed by atoms with Crippen molar-refractivity contribution >= 4 is 5.91 Å². The lowest BCUT2D eigenvalue weighted by molar-refractivity contribution is 0.0932. The monoisotopic (exact) mass is 269 g/mol. The molecule has 0 spiro atoms. The van der Waals surface area contributed by atoms with Gasteiger partial charge in [-0.3, -0.25) is 4.79 Å². The number of carbonyl (C=O) groups excluding carboxylic acids is 1. The summed E-state index contributed by atoms with van der Waals surface area (Å²) >= 11 is 0. The van der Waals surface area contributed by atoms with Gasteiger partial charge in [-0.1, -0.05) is 55.8 Å². The molecule has 3 heteroatoms. The molecule has 2 aromatic carbocycles. The van der Waals surface area contributed by atoms with Gasteiger partial charge in [0.1, 0.15) is 5.75 Å². The van der Waals surface area contributed by atoms with Crippen LogP contribution in [0.3, 0.4) is 0 Å². The molecule has 0 aromatic heterocycles. The number of benzene rings is 2. The highest BCUT2D eigenvalue weighted by molar-refractivity contribution is 5.97. The van der Waals surface area contributed by atoms with Gasteiger partial charge in [0.25, 0.3) is 5.91 Å². The number of para-hydroxylation sites is 1. The SMILES string of the molecule is CCCC(NC(=O)c1ccccc1O)c1ccccc1. The lowest BCUT2D eigenvalue weighted by Crippen LogP contribution is -2.28. The fourth-order valence-corrected chi connectivity index (χ4v) is 2.20. The minimum Gasteiger partial charge on any atom is -0.507 e. The summed E-state index contributed by atoms with van der Waals surface area (Å²) in [4.78, 5) is 12.3. The lowest BCUT2D eigenvalue weighted by atomic mass is 10.0. The van der Waals surface area contributed by atoms with Crippen LogP contribution >= 0.6 is 0 Å². The number of nitrogens with one attached hydrogen (secondary N) is 1. The normalized spacial score (nSPS) is 11.8.